The normalized spacial score (nSPS) is 10.9. The maximum Gasteiger partial charge on any atom is 0.234 e. The van der Waals surface area contributed by atoms with Crippen molar-refractivity contribution in [2.24, 2.45) is 5.92 Å². The standard InChI is InChI=1S/C11H12N2O2S/c1-7(2)8(14)6-10-12-11(13-15-10)9-4-3-5-16-9/h3-5,7H,6H2,1-2H3. The molecular weight excluding hydrogens is 224 g/mol. The van der Waals surface area contributed by atoms with Gasteiger partial charge in [-0.15, -0.1) is 11.3 Å². The Balaban J connectivity index is 2.11. The molecule has 0 atom stereocenters. The lowest BCUT2D eigenvalue weighted by Crippen LogP contribution is -2.10. The highest BCUT2D eigenvalue weighted by molar-refractivity contribution is 7.13. The van der Waals surface area contributed by atoms with Gasteiger partial charge in [0.15, 0.2) is 0 Å². The van der Waals surface area contributed by atoms with Crippen molar-refractivity contribution >= 4 is 17.1 Å². The van der Waals surface area contributed by atoms with Gasteiger partial charge in [0, 0.05) is 5.92 Å². The molecule has 0 aliphatic heterocycles. The number of aromatic nitrogens is 2. The van der Waals surface area contributed by atoms with E-state index >= 15 is 0 Å². The highest BCUT2D eigenvalue weighted by atomic mass is 32.1. The van der Waals surface area contributed by atoms with E-state index in [1.165, 1.54) is 0 Å². The smallest absolute Gasteiger partial charge is 0.234 e. The van der Waals surface area contributed by atoms with Crippen LogP contribution in [0.15, 0.2) is 22.0 Å². The first-order valence-electron chi connectivity index (χ1n) is 5.06. The van der Waals surface area contributed by atoms with Crippen molar-refractivity contribution in [1.82, 2.24) is 10.1 Å². The molecule has 0 saturated carbocycles. The SMILES string of the molecule is CC(C)C(=O)Cc1nc(-c2cccs2)no1. The zero-order valence-corrected chi connectivity index (χ0v) is 9.95. The van der Waals surface area contributed by atoms with E-state index in [1.54, 1.807) is 11.3 Å². The molecule has 0 N–H and O–H groups in total. The highest BCUT2D eigenvalue weighted by Gasteiger charge is 2.14. The molecule has 16 heavy (non-hydrogen) atoms. The molecule has 0 aromatic carbocycles. The van der Waals surface area contributed by atoms with Crippen LogP contribution in [0.1, 0.15) is 19.7 Å². The second-order valence-corrected chi connectivity index (χ2v) is 4.73. The molecule has 4 nitrogen and oxygen atoms in total. The van der Waals surface area contributed by atoms with Gasteiger partial charge in [-0.1, -0.05) is 25.1 Å². The largest absolute Gasteiger partial charge is 0.338 e. The first-order valence-corrected chi connectivity index (χ1v) is 5.94. The lowest BCUT2D eigenvalue weighted by molar-refractivity contribution is -0.121. The van der Waals surface area contributed by atoms with E-state index < -0.39 is 0 Å². The fourth-order valence-corrected chi connectivity index (χ4v) is 1.83. The Labute approximate surface area is 97.3 Å². The molecule has 0 unspecified atom stereocenters. The zero-order chi connectivity index (χ0) is 11.5. The number of nitrogens with zero attached hydrogens (tertiary/aromatic N) is 2. The number of carbonyl (C=O) groups excluding carboxylic acids is 1. The molecule has 0 fully saturated rings. The van der Waals surface area contributed by atoms with Crippen molar-refractivity contribution < 1.29 is 9.32 Å². The van der Waals surface area contributed by atoms with Crippen molar-refractivity contribution in [2.75, 3.05) is 0 Å². The van der Waals surface area contributed by atoms with Gasteiger partial charge >= 0.3 is 0 Å². The summed E-state index contributed by atoms with van der Waals surface area (Å²) in [6.45, 7) is 3.72. The number of rotatable bonds is 4. The highest BCUT2D eigenvalue weighted by Crippen LogP contribution is 2.21. The third-order valence-electron chi connectivity index (χ3n) is 2.18. The molecule has 2 heterocycles. The summed E-state index contributed by atoms with van der Waals surface area (Å²) in [7, 11) is 0. The van der Waals surface area contributed by atoms with Gasteiger partial charge < -0.3 is 4.52 Å². The van der Waals surface area contributed by atoms with Crippen LogP contribution in [-0.4, -0.2) is 15.9 Å². The van der Waals surface area contributed by atoms with Gasteiger partial charge in [0.25, 0.3) is 0 Å². The second-order valence-electron chi connectivity index (χ2n) is 3.79. The second kappa shape index (κ2) is 4.57. The van der Waals surface area contributed by atoms with Gasteiger partial charge in [0.2, 0.25) is 11.7 Å². The van der Waals surface area contributed by atoms with Gasteiger partial charge in [-0.3, -0.25) is 4.79 Å². The third-order valence-corrected chi connectivity index (χ3v) is 3.04. The molecule has 2 rings (SSSR count). The summed E-state index contributed by atoms with van der Waals surface area (Å²) in [5.74, 6) is 1.06. The monoisotopic (exact) mass is 236 g/mol. The first-order chi connectivity index (χ1) is 7.66. The number of ketones is 1. The lowest BCUT2D eigenvalue weighted by Gasteiger charge is -1.98. The number of thiophene rings is 1. The van der Waals surface area contributed by atoms with Crippen LogP contribution in [0.2, 0.25) is 0 Å². The van der Waals surface area contributed by atoms with Gasteiger partial charge in [-0.05, 0) is 11.4 Å². The molecule has 5 heteroatoms. The molecule has 2 aromatic rings. The van der Waals surface area contributed by atoms with E-state index in [1.807, 2.05) is 31.4 Å². The molecular formula is C11H12N2O2S. The van der Waals surface area contributed by atoms with Crippen molar-refractivity contribution in [1.29, 1.82) is 0 Å². The van der Waals surface area contributed by atoms with E-state index in [4.69, 9.17) is 4.52 Å². The third kappa shape index (κ3) is 2.36. The molecule has 0 aliphatic rings. The minimum atomic E-state index is -0.00270. The van der Waals surface area contributed by atoms with Crippen LogP contribution >= 0.6 is 11.3 Å². The van der Waals surface area contributed by atoms with E-state index in [9.17, 15) is 4.79 Å². The summed E-state index contributed by atoms with van der Waals surface area (Å²) in [6.07, 6.45) is 0.218. The van der Waals surface area contributed by atoms with Crippen LogP contribution in [0, 0.1) is 5.92 Å². The summed E-state index contributed by atoms with van der Waals surface area (Å²) in [5, 5.41) is 5.79. The predicted octanol–water partition coefficient (Wildman–Crippen LogP) is 2.57. The number of carbonyl (C=O) groups is 1. The molecule has 84 valence electrons. The predicted molar refractivity (Wildman–Crippen MR) is 61.2 cm³/mol. The van der Waals surface area contributed by atoms with Crippen molar-refractivity contribution in [3.63, 3.8) is 0 Å². The van der Waals surface area contributed by atoms with E-state index in [-0.39, 0.29) is 18.1 Å². The Bertz CT molecular complexity index is 474. The summed E-state index contributed by atoms with van der Waals surface area (Å²) >= 11 is 1.54. The number of hydrogen-bond acceptors (Lipinski definition) is 5. The summed E-state index contributed by atoms with van der Waals surface area (Å²) in [4.78, 5) is 16.6. The summed E-state index contributed by atoms with van der Waals surface area (Å²) in [5.41, 5.74) is 0. The van der Waals surface area contributed by atoms with Crippen LogP contribution in [0.25, 0.3) is 10.7 Å². The van der Waals surface area contributed by atoms with Gasteiger partial charge in [-0.2, -0.15) is 4.98 Å². The fraction of sp³-hybridized carbons (Fsp3) is 0.364. The van der Waals surface area contributed by atoms with Crippen molar-refractivity contribution in [3.05, 3.63) is 23.4 Å². The maximum atomic E-state index is 11.5. The molecule has 2 aromatic heterocycles. The van der Waals surface area contributed by atoms with Crippen LogP contribution in [0.3, 0.4) is 0 Å². The van der Waals surface area contributed by atoms with Crippen LogP contribution in [0.5, 0.6) is 0 Å². The van der Waals surface area contributed by atoms with Crippen LogP contribution in [0.4, 0.5) is 0 Å². The maximum absolute atomic E-state index is 11.5. The molecule has 0 radical (unpaired) electrons. The average Bonchev–Trinajstić information content (AvgIpc) is 2.85. The molecule has 0 bridgehead atoms. The summed E-state index contributed by atoms with van der Waals surface area (Å²) < 4.78 is 5.03. The van der Waals surface area contributed by atoms with Gasteiger partial charge in [0.1, 0.15) is 5.78 Å². The average molecular weight is 236 g/mol. The Kier molecular flexibility index (Phi) is 3.14. The summed E-state index contributed by atoms with van der Waals surface area (Å²) in [6, 6.07) is 3.85. The molecule has 0 saturated heterocycles. The molecule has 0 aliphatic carbocycles. The van der Waals surface area contributed by atoms with Crippen molar-refractivity contribution in [3.8, 4) is 10.7 Å². The van der Waals surface area contributed by atoms with E-state index in [0.717, 1.165) is 4.88 Å². The van der Waals surface area contributed by atoms with Crippen molar-refractivity contribution in [2.45, 2.75) is 20.3 Å². The Morgan fingerprint density at radius 2 is 2.38 bits per heavy atom. The Morgan fingerprint density at radius 3 is 3.00 bits per heavy atom. The topological polar surface area (TPSA) is 56.0 Å². The van der Waals surface area contributed by atoms with Crippen LogP contribution < -0.4 is 0 Å². The van der Waals surface area contributed by atoms with E-state index in [2.05, 4.69) is 10.1 Å². The zero-order valence-electron chi connectivity index (χ0n) is 9.14. The fourth-order valence-electron chi connectivity index (χ4n) is 1.19. The molecule has 0 spiro atoms. The number of hydrogen-bond donors (Lipinski definition) is 0. The lowest BCUT2D eigenvalue weighted by atomic mass is 10.1. The minimum Gasteiger partial charge on any atom is -0.338 e. The van der Waals surface area contributed by atoms with Gasteiger partial charge in [0.05, 0.1) is 11.3 Å². The Hall–Kier alpha value is -1.49. The van der Waals surface area contributed by atoms with Gasteiger partial charge in [-0.25, -0.2) is 0 Å². The van der Waals surface area contributed by atoms with Crippen LogP contribution in [-0.2, 0) is 11.2 Å². The number of Topliss-reactive ketones (excluding diaryl/α,β-unsaturated/α-hetero) is 1. The Morgan fingerprint density at radius 1 is 1.56 bits per heavy atom. The quantitative estimate of drug-likeness (QED) is 0.818. The first kappa shape index (κ1) is 11.0. The minimum absolute atomic E-state index is 0.00270. The van der Waals surface area contributed by atoms with E-state index in [0.29, 0.717) is 11.7 Å². The molecule has 0 amide bonds.